The van der Waals surface area contributed by atoms with Gasteiger partial charge in [0.1, 0.15) is 12.2 Å². The lowest BCUT2D eigenvalue weighted by Crippen LogP contribution is -2.62. The number of ketones is 2. The van der Waals surface area contributed by atoms with Crippen LogP contribution in [0.3, 0.4) is 0 Å². The summed E-state index contributed by atoms with van der Waals surface area (Å²) in [6, 6.07) is 0. The standard InChI is InChI=1S/C22H32O5/c1-12-9-20(2)13(8-16(12)24)4-5-14-15-6-7-22(27,18(26)11-23)21(15,3)10-17(25)19(14)20/h8,12,14-15,17,19,23,25,27H,4-7,9-11H2,1-3H3/t12-,14-,15-,17-,19+,20-,21-,22-/m0/s1. The minimum atomic E-state index is -1.55. The van der Waals surface area contributed by atoms with Crippen LogP contribution < -0.4 is 0 Å². The van der Waals surface area contributed by atoms with Gasteiger partial charge in [-0.1, -0.05) is 26.3 Å². The summed E-state index contributed by atoms with van der Waals surface area (Å²) in [6.07, 6.45) is 5.17. The van der Waals surface area contributed by atoms with Gasteiger partial charge in [-0.25, -0.2) is 0 Å². The molecular weight excluding hydrogens is 344 g/mol. The molecule has 0 bridgehead atoms. The zero-order valence-corrected chi connectivity index (χ0v) is 16.6. The first-order valence-corrected chi connectivity index (χ1v) is 10.4. The fourth-order valence-electron chi connectivity index (χ4n) is 7.62. The largest absolute Gasteiger partial charge is 0.393 e. The Morgan fingerprint density at radius 3 is 2.63 bits per heavy atom. The van der Waals surface area contributed by atoms with Crippen molar-refractivity contribution in [3.63, 3.8) is 0 Å². The highest BCUT2D eigenvalue weighted by molar-refractivity contribution is 5.93. The smallest absolute Gasteiger partial charge is 0.190 e. The second-order valence-corrected chi connectivity index (χ2v) is 10.1. The molecule has 0 aromatic carbocycles. The normalized spacial score (nSPS) is 51.9. The van der Waals surface area contributed by atoms with E-state index in [0.717, 1.165) is 25.7 Å². The molecule has 4 aliphatic rings. The number of allylic oxidation sites excluding steroid dienone is 1. The molecule has 8 atom stereocenters. The van der Waals surface area contributed by atoms with Crippen LogP contribution in [0.25, 0.3) is 0 Å². The fraction of sp³-hybridized carbons (Fsp3) is 0.818. The molecule has 0 aromatic rings. The van der Waals surface area contributed by atoms with E-state index in [1.54, 1.807) is 0 Å². The van der Waals surface area contributed by atoms with Gasteiger partial charge in [-0.05, 0) is 67.8 Å². The molecule has 0 amide bonds. The van der Waals surface area contributed by atoms with E-state index in [0.29, 0.717) is 12.8 Å². The summed E-state index contributed by atoms with van der Waals surface area (Å²) in [5.41, 5.74) is -1.28. The lowest BCUT2D eigenvalue weighted by Gasteiger charge is -2.60. The molecule has 0 aromatic heterocycles. The Kier molecular flexibility index (Phi) is 4.27. The number of hydrogen-bond acceptors (Lipinski definition) is 5. The second kappa shape index (κ2) is 5.98. The van der Waals surface area contributed by atoms with Crippen molar-refractivity contribution in [2.24, 2.45) is 34.5 Å². The molecule has 5 heteroatoms. The van der Waals surface area contributed by atoms with Crippen molar-refractivity contribution in [2.75, 3.05) is 6.61 Å². The third kappa shape index (κ3) is 2.34. The molecule has 4 rings (SSSR count). The lowest BCUT2D eigenvalue weighted by molar-refractivity contribution is -0.183. The highest BCUT2D eigenvalue weighted by atomic mass is 16.3. The van der Waals surface area contributed by atoms with E-state index in [1.807, 2.05) is 19.9 Å². The average molecular weight is 376 g/mol. The topological polar surface area (TPSA) is 94.8 Å². The van der Waals surface area contributed by atoms with Gasteiger partial charge in [0.15, 0.2) is 11.6 Å². The third-order valence-electron chi connectivity index (χ3n) is 8.96. The summed E-state index contributed by atoms with van der Waals surface area (Å²) in [4.78, 5) is 24.6. The summed E-state index contributed by atoms with van der Waals surface area (Å²) in [6.45, 7) is 5.44. The van der Waals surface area contributed by atoms with E-state index in [4.69, 9.17) is 0 Å². The van der Waals surface area contributed by atoms with Crippen molar-refractivity contribution in [3.8, 4) is 0 Å². The van der Waals surface area contributed by atoms with Gasteiger partial charge in [-0.2, -0.15) is 0 Å². The number of carbonyl (C=O) groups excluding carboxylic acids is 2. The lowest BCUT2D eigenvalue weighted by atomic mass is 9.45. The van der Waals surface area contributed by atoms with E-state index in [-0.39, 0.29) is 34.9 Å². The van der Waals surface area contributed by atoms with E-state index >= 15 is 0 Å². The zero-order chi connectivity index (χ0) is 19.8. The van der Waals surface area contributed by atoms with Gasteiger partial charge < -0.3 is 15.3 Å². The Hall–Kier alpha value is -1.04. The SMILES string of the molecule is C[C@H]1C[C@@]2(C)C(=CC1=O)CC[C@@H]1[C@@H]2[C@@H](O)C[C@@]2(C)[C@H]1CC[C@]2(O)C(=O)CO. The van der Waals surface area contributed by atoms with Gasteiger partial charge in [0.05, 0.1) is 6.10 Å². The van der Waals surface area contributed by atoms with Crippen molar-refractivity contribution < 1.29 is 24.9 Å². The van der Waals surface area contributed by atoms with Crippen LogP contribution in [0.1, 0.15) is 59.3 Å². The van der Waals surface area contributed by atoms with Crippen LogP contribution in [-0.4, -0.2) is 45.2 Å². The van der Waals surface area contributed by atoms with Crippen LogP contribution >= 0.6 is 0 Å². The summed E-state index contributed by atoms with van der Waals surface area (Å²) in [5, 5.41) is 31.9. The average Bonchev–Trinajstić information content (AvgIpc) is 2.87. The predicted octanol–water partition coefficient (Wildman–Crippen LogP) is 2.03. The maximum absolute atomic E-state index is 12.4. The van der Waals surface area contributed by atoms with Crippen LogP contribution in [0.5, 0.6) is 0 Å². The molecular formula is C22H32O5. The van der Waals surface area contributed by atoms with Crippen molar-refractivity contribution in [1.82, 2.24) is 0 Å². The van der Waals surface area contributed by atoms with Gasteiger partial charge in [-0.3, -0.25) is 9.59 Å². The molecule has 3 N–H and O–H groups in total. The number of rotatable bonds is 2. The summed E-state index contributed by atoms with van der Waals surface area (Å²) in [7, 11) is 0. The van der Waals surface area contributed by atoms with Crippen LogP contribution in [0, 0.1) is 34.5 Å². The fourth-order valence-corrected chi connectivity index (χ4v) is 7.62. The molecule has 0 saturated heterocycles. The predicted molar refractivity (Wildman–Crippen MR) is 99.7 cm³/mol. The second-order valence-electron chi connectivity index (χ2n) is 10.1. The third-order valence-corrected chi connectivity index (χ3v) is 8.96. The molecule has 3 saturated carbocycles. The van der Waals surface area contributed by atoms with Gasteiger partial charge in [0, 0.05) is 11.3 Å². The van der Waals surface area contributed by atoms with Gasteiger partial charge in [0.2, 0.25) is 0 Å². The maximum atomic E-state index is 12.4. The molecule has 4 aliphatic carbocycles. The Bertz CT molecular complexity index is 713. The van der Waals surface area contributed by atoms with E-state index in [9.17, 15) is 24.9 Å². The van der Waals surface area contributed by atoms with E-state index in [1.165, 1.54) is 5.57 Å². The molecule has 150 valence electrons. The van der Waals surface area contributed by atoms with Crippen molar-refractivity contribution >= 4 is 11.6 Å². The first-order valence-electron chi connectivity index (χ1n) is 10.4. The monoisotopic (exact) mass is 376 g/mol. The Morgan fingerprint density at radius 1 is 1.26 bits per heavy atom. The molecule has 0 heterocycles. The number of aliphatic hydroxyl groups is 3. The first kappa shape index (κ1) is 19.3. The molecule has 27 heavy (non-hydrogen) atoms. The first-order chi connectivity index (χ1) is 12.6. The summed E-state index contributed by atoms with van der Waals surface area (Å²) < 4.78 is 0. The molecule has 0 radical (unpaired) electrons. The Morgan fingerprint density at radius 2 is 1.96 bits per heavy atom. The highest BCUT2D eigenvalue weighted by Crippen LogP contribution is 2.67. The van der Waals surface area contributed by atoms with Crippen LogP contribution in [-0.2, 0) is 9.59 Å². The number of fused-ring (bicyclic) bond motifs is 5. The number of aliphatic hydroxyl groups excluding tert-OH is 2. The minimum Gasteiger partial charge on any atom is -0.393 e. The van der Waals surface area contributed by atoms with Crippen molar-refractivity contribution in [1.29, 1.82) is 0 Å². The van der Waals surface area contributed by atoms with Crippen LogP contribution in [0.15, 0.2) is 11.6 Å². The molecule has 5 nitrogen and oxygen atoms in total. The Balaban J connectivity index is 1.74. The molecule has 0 spiro atoms. The summed E-state index contributed by atoms with van der Waals surface area (Å²) in [5.74, 6) is 0.0733. The minimum absolute atomic E-state index is 0.0329. The number of Topliss-reactive ketones (excluding diaryl/α,β-unsaturated/α-hetero) is 1. The van der Waals surface area contributed by atoms with Crippen molar-refractivity contribution in [3.05, 3.63) is 11.6 Å². The summed E-state index contributed by atoms with van der Waals surface area (Å²) >= 11 is 0. The van der Waals surface area contributed by atoms with Crippen LogP contribution in [0.4, 0.5) is 0 Å². The van der Waals surface area contributed by atoms with Gasteiger partial charge in [-0.15, -0.1) is 0 Å². The van der Waals surface area contributed by atoms with E-state index in [2.05, 4.69) is 6.92 Å². The highest BCUT2D eigenvalue weighted by Gasteiger charge is 2.68. The maximum Gasteiger partial charge on any atom is 0.190 e. The molecule has 0 aliphatic heterocycles. The number of carbonyl (C=O) groups is 2. The number of hydrogen-bond donors (Lipinski definition) is 3. The van der Waals surface area contributed by atoms with Crippen molar-refractivity contribution in [2.45, 2.75) is 71.0 Å². The Labute approximate surface area is 160 Å². The molecule has 0 unspecified atom stereocenters. The quantitative estimate of drug-likeness (QED) is 0.685. The molecule has 3 fully saturated rings. The zero-order valence-electron chi connectivity index (χ0n) is 16.6. The van der Waals surface area contributed by atoms with Gasteiger partial charge >= 0.3 is 0 Å². The van der Waals surface area contributed by atoms with Gasteiger partial charge in [0.25, 0.3) is 0 Å². The van der Waals surface area contributed by atoms with E-state index < -0.39 is 29.5 Å². The van der Waals surface area contributed by atoms with Crippen LogP contribution in [0.2, 0.25) is 0 Å².